The summed E-state index contributed by atoms with van der Waals surface area (Å²) in [4.78, 5) is 24.5. The van der Waals surface area contributed by atoms with Gasteiger partial charge in [-0.25, -0.2) is 0 Å². The fraction of sp³-hybridized carbons (Fsp3) is 0.867. The van der Waals surface area contributed by atoms with Gasteiger partial charge < -0.3 is 20.4 Å². The third-order valence-corrected chi connectivity index (χ3v) is 12.4. The molecule has 4 N–H and O–H groups in total. The third kappa shape index (κ3) is 3.64. The topological polar surface area (TPSA) is 115 Å². The molecule has 4 aliphatic rings. The average Bonchev–Trinajstić information content (AvgIpc) is 3.13. The first-order chi connectivity index (χ1) is 16.5. The summed E-state index contributed by atoms with van der Waals surface area (Å²) < 4.78 is 0. The molecule has 4 fully saturated rings. The van der Waals surface area contributed by atoms with E-state index in [1.165, 1.54) is 0 Å². The summed E-state index contributed by atoms with van der Waals surface area (Å²) in [6.45, 7) is 16.5. The van der Waals surface area contributed by atoms with Crippen molar-refractivity contribution in [2.24, 2.45) is 51.2 Å². The summed E-state index contributed by atoms with van der Waals surface area (Å²) in [6, 6.07) is 0. The highest BCUT2D eigenvalue weighted by Crippen LogP contribution is 2.76. The van der Waals surface area contributed by atoms with Crippen molar-refractivity contribution in [3.63, 3.8) is 0 Å². The SMILES string of the molecule is C=C(C)[C@@H]1CC[C@]2(C(=O)O)CC[C@]3(C)[C@H](CC[C@@H]4[C@@](C)(CCC(=O)O)[C@H](C(C)(C)O)C(O)C[C@]43C)[C@@H]12. The van der Waals surface area contributed by atoms with E-state index in [1.54, 1.807) is 13.8 Å². The molecule has 204 valence electrons. The third-order valence-electron chi connectivity index (χ3n) is 12.4. The van der Waals surface area contributed by atoms with Crippen molar-refractivity contribution in [3.8, 4) is 0 Å². The lowest BCUT2D eigenvalue weighted by atomic mass is 9.33. The molecule has 0 saturated heterocycles. The molecular weight excluding hydrogens is 456 g/mol. The van der Waals surface area contributed by atoms with Crippen molar-refractivity contribution in [2.75, 3.05) is 0 Å². The molecule has 0 heterocycles. The van der Waals surface area contributed by atoms with Gasteiger partial charge in [0, 0.05) is 12.3 Å². The highest BCUT2D eigenvalue weighted by Gasteiger charge is 2.72. The van der Waals surface area contributed by atoms with Crippen LogP contribution >= 0.6 is 0 Å². The van der Waals surface area contributed by atoms with E-state index in [2.05, 4.69) is 27.4 Å². The molecule has 0 radical (unpaired) electrons. The molecule has 6 nitrogen and oxygen atoms in total. The average molecular weight is 505 g/mol. The second-order valence-corrected chi connectivity index (χ2v) is 14.4. The van der Waals surface area contributed by atoms with Crippen molar-refractivity contribution >= 4 is 11.9 Å². The van der Waals surface area contributed by atoms with Gasteiger partial charge in [0.15, 0.2) is 0 Å². The minimum atomic E-state index is -1.15. The predicted octanol–water partition coefficient (Wildman–Crippen LogP) is 5.52. The molecule has 0 aromatic carbocycles. The molecule has 0 spiro atoms. The Hall–Kier alpha value is -1.40. The molecule has 0 bridgehead atoms. The molecule has 0 aromatic heterocycles. The maximum Gasteiger partial charge on any atom is 0.309 e. The highest BCUT2D eigenvalue weighted by atomic mass is 16.4. The monoisotopic (exact) mass is 504 g/mol. The van der Waals surface area contributed by atoms with Gasteiger partial charge in [0.05, 0.1) is 17.1 Å². The second-order valence-electron chi connectivity index (χ2n) is 14.4. The second kappa shape index (κ2) is 8.56. The van der Waals surface area contributed by atoms with Crippen LogP contribution in [0.3, 0.4) is 0 Å². The van der Waals surface area contributed by atoms with Gasteiger partial charge in [0.25, 0.3) is 0 Å². The van der Waals surface area contributed by atoms with Crippen LogP contribution in [0.15, 0.2) is 12.2 Å². The Bertz CT molecular complexity index is 936. The minimum absolute atomic E-state index is 0.00497. The van der Waals surface area contributed by atoms with Gasteiger partial charge in [0.1, 0.15) is 0 Å². The Morgan fingerprint density at radius 1 is 1.00 bits per heavy atom. The van der Waals surface area contributed by atoms with Crippen LogP contribution in [0.4, 0.5) is 0 Å². The lowest BCUT2D eigenvalue weighted by molar-refractivity contribution is -0.263. The van der Waals surface area contributed by atoms with Gasteiger partial charge in [-0.2, -0.15) is 0 Å². The number of carboxylic acid groups (broad SMARTS) is 2. The Kier molecular flexibility index (Phi) is 6.57. The lowest BCUT2D eigenvalue weighted by Gasteiger charge is -2.72. The number of carbonyl (C=O) groups is 2. The van der Waals surface area contributed by atoms with E-state index < -0.39 is 40.4 Å². The van der Waals surface area contributed by atoms with Gasteiger partial charge in [-0.15, -0.1) is 0 Å². The van der Waals surface area contributed by atoms with Crippen LogP contribution < -0.4 is 0 Å². The van der Waals surface area contributed by atoms with Crippen LogP contribution in [0.25, 0.3) is 0 Å². The molecule has 1 unspecified atom stereocenters. The summed E-state index contributed by atoms with van der Waals surface area (Å²) in [5.74, 6) is -1.37. The number of aliphatic hydroxyl groups excluding tert-OH is 1. The van der Waals surface area contributed by atoms with Crippen LogP contribution in [0, 0.1) is 51.2 Å². The van der Waals surface area contributed by atoms with E-state index >= 15 is 0 Å². The number of allylic oxidation sites excluding steroid dienone is 1. The molecule has 0 aromatic rings. The Labute approximate surface area is 216 Å². The number of fused-ring (bicyclic) bond motifs is 5. The Balaban J connectivity index is 1.83. The van der Waals surface area contributed by atoms with Crippen molar-refractivity contribution in [3.05, 3.63) is 12.2 Å². The number of aliphatic carboxylic acids is 2. The number of rotatable bonds is 6. The van der Waals surface area contributed by atoms with E-state index in [-0.39, 0.29) is 40.9 Å². The van der Waals surface area contributed by atoms with Gasteiger partial charge in [-0.3, -0.25) is 9.59 Å². The maximum absolute atomic E-state index is 12.8. The van der Waals surface area contributed by atoms with Crippen molar-refractivity contribution in [1.82, 2.24) is 0 Å². The fourth-order valence-electron chi connectivity index (χ4n) is 11.0. The molecule has 0 amide bonds. The van der Waals surface area contributed by atoms with E-state index in [4.69, 9.17) is 0 Å². The molecule has 6 heteroatoms. The quantitative estimate of drug-likeness (QED) is 0.354. The van der Waals surface area contributed by atoms with E-state index in [0.29, 0.717) is 25.7 Å². The highest BCUT2D eigenvalue weighted by molar-refractivity contribution is 5.76. The largest absolute Gasteiger partial charge is 0.481 e. The van der Waals surface area contributed by atoms with Gasteiger partial charge in [0.2, 0.25) is 0 Å². The Morgan fingerprint density at radius 2 is 1.64 bits per heavy atom. The summed E-state index contributed by atoms with van der Waals surface area (Å²) in [6.07, 6.45) is 4.99. The fourth-order valence-corrected chi connectivity index (χ4v) is 11.0. The molecular formula is C30H48O6. The molecule has 4 saturated carbocycles. The summed E-state index contributed by atoms with van der Waals surface area (Å²) in [5.41, 5.74) is -1.80. The normalized spacial score (nSPS) is 48.4. The van der Waals surface area contributed by atoms with E-state index in [9.17, 15) is 30.0 Å². The molecule has 10 atom stereocenters. The zero-order valence-corrected chi connectivity index (χ0v) is 23.1. The maximum atomic E-state index is 12.8. The smallest absolute Gasteiger partial charge is 0.309 e. The van der Waals surface area contributed by atoms with Crippen LogP contribution in [0.2, 0.25) is 0 Å². The van der Waals surface area contributed by atoms with Gasteiger partial charge in [-0.1, -0.05) is 32.9 Å². The van der Waals surface area contributed by atoms with Crippen LogP contribution in [-0.4, -0.2) is 44.1 Å². The zero-order chi connectivity index (χ0) is 27.1. The predicted molar refractivity (Wildman–Crippen MR) is 138 cm³/mol. The number of hydrogen-bond donors (Lipinski definition) is 4. The van der Waals surface area contributed by atoms with Crippen molar-refractivity contribution in [1.29, 1.82) is 0 Å². The number of hydrogen-bond acceptors (Lipinski definition) is 4. The van der Waals surface area contributed by atoms with Crippen LogP contribution in [0.1, 0.15) is 99.3 Å². The molecule has 0 aliphatic heterocycles. The van der Waals surface area contributed by atoms with Crippen LogP contribution in [-0.2, 0) is 9.59 Å². The minimum Gasteiger partial charge on any atom is -0.481 e. The number of aliphatic hydroxyl groups is 2. The van der Waals surface area contributed by atoms with E-state index in [1.807, 2.05) is 6.92 Å². The van der Waals surface area contributed by atoms with E-state index in [0.717, 1.165) is 31.3 Å². The summed E-state index contributed by atoms with van der Waals surface area (Å²) >= 11 is 0. The zero-order valence-electron chi connectivity index (χ0n) is 23.1. The first-order valence-corrected chi connectivity index (χ1v) is 14.0. The first-order valence-electron chi connectivity index (χ1n) is 14.0. The lowest BCUT2D eigenvalue weighted by Crippen LogP contribution is -2.69. The van der Waals surface area contributed by atoms with Gasteiger partial charge in [-0.05, 0) is 112 Å². The van der Waals surface area contributed by atoms with Crippen molar-refractivity contribution in [2.45, 2.75) is 111 Å². The van der Waals surface area contributed by atoms with Crippen molar-refractivity contribution < 1.29 is 30.0 Å². The summed E-state index contributed by atoms with van der Waals surface area (Å²) in [5, 5.41) is 43.0. The summed E-state index contributed by atoms with van der Waals surface area (Å²) in [7, 11) is 0. The first kappa shape index (κ1) is 27.6. The Morgan fingerprint density at radius 3 is 2.17 bits per heavy atom. The van der Waals surface area contributed by atoms with Gasteiger partial charge >= 0.3 is 11.9 Å². The van der Waals surface area contributed by atoms with Crippen LogP contribution in [0.5, 0.6) is 0 Å². The molecule has 36 heavy (non-hydrogen) atoms. The number of carboxylic acids is 2. The molecule has 4 aliphatic carbocycles. The standard InChI is InChI=1S/C30H48O6/c1-17(2)18-10-13-30(25(34)35)15-14-28(6)19(23(18)30)8-9-21-27(5,12-11-22(32)33)24(26(3,4)36)20(31)16-29(21,28)7/h18-21,23-24,31,36H,1,8-16H2,2-7H3,(H,32,33)(H,34,35)/t18-,19+,20?,21+,23+,24-,27+,28+,29+,30-/m0/s1. The molecule has 4 rings (SSSR count).